The lowest BCUT2D eigenvalue weighted by Gasteiger charge is -2.13. The topological polar surface area (TPSA) is 26.3 Å². The number of ether oxygens (including phenoxy) is 1. The van der Waals surface area contributed by atoms with Gasteiger partial charge < -0.3 is 4.74 Å². The summed E-state index contributed by atoms with van der Waals surface area (Å²) in [6.45, 7) is -2.93. The third-order valence-corrected chi connectivity index (χ3v) is 2.98. The van der Waals surface area contributed by atoms with Crippen LogP contribution in [0.4, 0.5) is 8.78 Å². The quantitative estimate of drug-likeness (QED) is 0.747. The first-order chi connectivity index (χ1) is 8.08. The van der Waals surface area contributed by atoms with Crippen molar-refractivity contribution >= 4 is 33.3 Å². The second kappa shape index (κ2) is 6.91. The molecular weight excluding hydrogens is 317 g/mol. The van der Waals surface area contributed by atoms with Gasteiger partial charge in [-0.15, -0.1) is 11.6 Å². The highest BCUT2D eigenvalue weighted by atomic mass is 79.9. The molecule has 0 atom stereocenters. The fourth-order valence-corrected chi connectivity index (χ4v) is 1.79. The van der Waals surface area contributed by atoms with Gasteiger partial charge in [-0.05, 0) is 0 Å². The number of para-hydroxylation sites is 1. The van der Waals surface area contributed by atoms with Crippen molar-refractivity contribution in [3.05, 3.63) is 29.3 Å². The minimum absolute atomic E-state index is 0.00630. The Hall–Kier alpha value is -0.680. The van der Waals surface area contributed by atoms with Crippen molar-refractivity contribution < 1.29 is 18.3 Å². The lowest BCUT2D eigenvalue weighted by molar-refractivity contribution is -0.116. The van der Waals surface area contributed by atoms with E-state index in [-0.39, 0.29) is 29.2 Å². The number of hydrogen-bond acceptors (Lipinski definition) is 2. The van der Waals surface area contributed by atoms with E-state index in [1.165, 1.54) is 0 Å². The zero-order chi connectivity index (χ0) is 12.8. The Morgan fingerprint density at radius 1 is 1.41 bits per heavy atom. The van der Waals surface area contributed by atoms with Crippen LogP contribution in [0.15, 0.2) is 18.2 Å². The minimum atomic E-state index is -2.93. The first kappa shape index (κ1) is 14.4. The Bertz CT molecular complexity index is 399. The van der Waals surface area contributed by atoms with Crippen LogP contribution in [0.3, 0.4) is 0 Å². The molecule has 0 aromatic heterocycles. The molecule has 1 aromatic carbocycles. The third kappa shape index (κ3) is 4.24. The van der Waals surface area contributed by atoms with E-state index in [4.69, 9.17) is 11.6 Å². The number of carbonyl (C=O) groups is 1. The summed E-state index contributed by atoms with van der Waals surface area (Å²) in [5, 5.41) is 0.173. The Kier molecular flexibility index (Phi) is 5.85. The second-order valence-corrected chi connectivity index (χ2v) is 4.09. The predicted octanol–water partition coefficient (Wildman–Crippen LogP) is 3.53. The van der Waals surface area contributed by atoms with E-state index in [2.05, 4.69) is 20.7 Å². The molecule has 0 aliphatic carbocycles. The molecule has 0 spiro atoms. The van der Waals surface area contributed by atoms with E-state index in [0.717, 1.165) is 0 Å². The maximum atomic E-state index is 12.3. The number of halogens is 4. The van der Waals surface area contributed by atoms with Crippen LogP contribution in [-0.2, 0) is 17.1 Å². The van der Waals surface area contributed by atoms with Crippen LogP contribution in [0.2, 0.25) is 0 Å². The lowest BCUT2D eigenvalue weighted by Crippen LogP contribution is -2.10. The van der Waals surface area contributed by atoms with Gasteiger partial charge in [0.15, 0.2) is 0 Å². The van der Waals surface area contributed by atoms with Crippen molar-refractivity contribution in [2.45, 2.75) is 18.9 Å². The highest BCUT2D eigenvalue weighted by Crippen LogP contribution is 2.28. The summed E-state index contributed by atoms with van der Waals surface area (Å²) in [5.74, 6) is -0.0547. The Balaban J connectivity index is 3.05. The maximum absolute atomic E-state index is 12.3. The molecule has 0 aliphatic rings. The van der Waals surface area contributed by atoms with E-state index in [1.807, 2.05) is 0 Å². The molecule has 0 heterocycles. The average Bonchev–Trinajstić information content (AvgIpc) is 2.30. The fourth-order valence-electron chi connectivity index (χ4n) is 1.38. The smallest absolute Gasteiger partial charge is 0.387 e. The highest BCUT2D eigenvalue weighted by molar-refractivity contribution is 9.09. The highest BCUT2D eigenvalue weighted by Gasteiger charge is 2.15. The number of alkyl halides is 4. The normalized spacial score (nSPS) is 10.6. The van der Waals surface area contributed by atoms with E-state index in [0.29, 0.717) is 11.1 Å². The summed E-state index contributed by atoms with van der Waals surface area (Å²) in [7, 11) is 0. The molecule has 0 radical (unpaired) electrons. The van der Waals surface area contributed by atoms with E-state index in [9.17, 15) is 13.6 Å². The van der Waals surface area contributed by atoms with Gasteiger partial charge >= 0.3 is 6.61 Å². The van der Waals surface area contributed by atoms with Crippen molar-refractivity contribution in [2.24, 2.45) is 0 Å². The van der Waals surface area contributed by atoms with Crippen LogP contribution in [-0.4, -0.2) is 17.7 Å². The third-order valence-electron chi connectivity index (χ3n) is 2.07. The van der Waals surface area contributed by atoms with Crippen LogP contribution in [0.5, 0.6) is 5.75 Å². The Labute approximate surface area is 111 Å². The Morgan fingerprint density at radius 3 is 2.59 bits per heavy atom. The van der Waals surface area contributed by atoms with Gasteiger partial charge in [-0.25, -0.2) is 0 Å². The van der Waals surface area contributed by atoms with Crippen molar-refractivity contribution in [2.75, 3.05) is 5.33 Å². The molecule has 0 aliphatic heterocycles. The average molecular weight is 328 g/mol. The van der Waals surface area contributed by atoms with Crippen LogP contribution in [0.1, 0.15) is 11.1 Å². The number of hydrogen-bond donors (Lipinski definition) is 0. The zero-order valence-electron chi connectivity index (χ0n) is 8.76. The number of ketones is 1. The largest absolute Gasteiger partial charge is 0.434 e. The molecule has 6 heteroatoms. The number of Topliss-reactive ketones (excluding diaryl/α,β-unsaturated/α-hetero) is 1. The van der Waals surface area contributed by atoms with Gasteiger partial charge in [0.05, 0.1) is 11.2 Å². The molecule has 0 N–H and O–H groups in total. The van der Waals surface area contributed by atoms with Crippen molar-refractivity contribution in [1.82, 2.24) is 0 Å². The van der Waals surface area contributed by atoms with Crippen LogP contribution >= 0.6 is 27.5 Å². The summed E-state index contributed by atoms with van der Waals surface area (Å²) in [5.41, 5.74) is 0.875. The molecule has 0 unspecified atom stereocenters. The number of benzene rings is 1. The summed E-state index contributed by atoms with van der Waals surface area (Å²) in [6.07, 6.45) is 0.0397. The van der Waals surface area contributed by atoms with E-state index in [1.54, 1.807) is 18.2 Å². The van der Waals surface area contributed by atoms with Gasteiger partial charge in [0.2, 0.25) is 0 Å². The second-order valence-electron chi connectivity index (χ2n) is 3.27. The molecule has 2 nitrogen and oxygen atoms in total. The van der Waals surface area contributed by atoms with Crippen molar-refractivity contribution in [1.29, 1.82) is 0 Å². The lowest BCUT2D eigenvalue weighted by atomic mass is 10.1. The molecule has 0 fully saturated rings. The Morgan fingerprint density at radius 2 is 2.06 bits per heavy atom. The van der Waals surface area contributed by atoms with Gasteiger partial charge in [-0.3, -0.25) is 4.79 Å². The van der Waals surface area contributed by atoms with Crippen LogP contribution in [0.25, 0.3) is 0 Å². The number of carbonyl (C=O) groups excluding carboxylic acids is 1. The molecule has 1 rings (SSSR count). The first-order valence-corrected chi connectivity index (χ1v) is 6.43. The van der Waals surface area contributed by atoms with E-state index < -0.39 is 6.61 Å². The monoisotopic (exact) mass is 326 g/mol. The summed E-state index contributed by atoms with van der Waals surface area (Å²) in [6, 6.07) is 4.83. The van der Waals surface area contributed by atoms with Crippen molar-refractivity contribution in [3.8, 4) is 5.75 Å². The van der Waals surface area contributed by atoms with Gasteiger partial charge in [-0.2, -0.15) is 8.78 Å². The summed E-state index contributed by atoms with van der Waals surface area (Å²) in [4.78, 5) is 11.3. The minimum Gasteiger partial charge on any atom is -0.434 e. The van der Waals surface area contributed by atoms with Gasteiger partial charge in [0.1, 0.15) is 11.5 Å². The molecular formula is C11H10BrClF2O2. The van der Waals surface area contributed by atoms with E-state index >= 15 is 0 Å². The zero-order valence-corrected chi connectivity index (χ0v) is 11.1. The molecule has 17 heavy (non-hydrogen) atoms. The first-order valence-electron chi connectivity index (χ1n) is 4.77. The standard InChI is InChI=1S/C11H10BrClF2O2/c12-5-9(16)4-7-2-1-3-8(6-13)10(7)17-11(14)15/h1-3,11H,4-6H2. The molecule has 0 bridgehead atoms. The molecule has 1 aromatic rings. The molecule has 0 saturated carbocycles. The maximum Gasteiger partial charge on any atom is 0.387 e. The van der Waals surface area contributed by atoms with Crippen LogP contribution in [0, 0.1) is 0 Å². The predicted molar refractivity (Wildman–Crippen MR) is 65.1 cm³/mol. The van der Waals surface area contributed by atoms with Crippen molar-refractivity contribution in [3.63, 3.8) is 0 Å². The molecule has 0 amide bonds. The molecule has 0 saturated heterocycles. The van der Waals surface area contributed by atoms with Gasteiger partial charge in [0, 0.05) is 17.5 Å². The van der Waals surface area contributed by atoms with Gasteiger partial charge in [0.25, 0.3) is 0 Å². The summed E-state index contributed by atoms with van der Waals surface area (Å²) >= 11 is 8.66. The fraction of sp³-hybridized carbons (Fsp3) is 0.364. The van der Waals surface area contributed by atoms with Crippen LogP contribution < -0.4 is 4.74 Å². The molecule has 94 valence electrons. The SMILES string of the molecule is O=C(CBr)Cc1cccc(CCl)c1OC(F)F. The summed E-state index contributed by atoms with van der Waals surface area (Å²) < 4.78 is 29.0. The van der Waals surface area contributed by atoms with Gasteiger partial charge in [-0.1, -0.05) is 34.1 Å². The number of rotatable bonds is 6.